The lowest BCUT2D eigenvalue weighted by Crippen LogP contribution is -2.39. The lowest BCUT2D eigenvalue weighted by Gasteiger charge is -2.24. The van der Waals surface area contributed by atoms with E-state index in [9.17, 15) is 9.59 Å². The molecule has 0 N–H and O–H groups in total. The van der Waals surface area contributed by atoms with Gasteiger partial charge < -0.3 is 14.2 Å². The number of carbonyl (C=O) groups excluding carboxylic acids is 1. The van der Waals surface area contributed by atoms with Crippen LogP contribution < -0.4 is 24.4 Å². The third-order valence-electron chi connectivity index (χ3n) is 6.59. The fraction of sp³-hybridized carbons (Fsp3) is 0.219. The average molecular weight is 712 g/mol. The Bertz CT molecular complexity index is 1830. The van der Waals surface area contributed by atoms with E-state index < -0.39 is 12.0 Å². The van der Waals surface area contributed by atoms with Crippen LogP contribution in [0.2, 0.25) is 0 Å². The second-order valence-electron chi connectivity index (χ2n) is 9.38. The summed E-state index contributed by atoms with van der Waals surface area (Å²) in [6.07, 6.45) is 1.81. The predicted octanol–water partition coefficient (Wildman–Crippen LogP) is 6.30. The van der Waals surface area contributed by atoms with Crippen molar-refractivity contribution in [3.8, 4) is 11.5 Å². The zero-order chi connectivity index (χ0) is 29.8. The Kier molecular flexibility index (Phi) is 9.45. The van der Waals surface area contributed by atoms with Gasteiger partial charge in [0.1, 0.15) is 6.61 Å². The van der Waals surface area contributed by atoms with Crippen molar-refractivity contribution in [3.63, 3.8) is 0 Å². The maximum atomic E-state index is 13.9. The number of allylic oxidation sites excluding steroid dienone is 1. The third kappa shape index (κ3) is 6.30. The van der Waals surface area contributed by atoms with Crippen LogP contribution in [0.5, 0.6) is 11.5 Å². The summed E-state index contributed by atoms with van der Waals surface area (Å²) in [5.41, 5.74) is 3.21. The van der Waals surface area contributed by atoms with Gasteiger partial charge in [-0.2, -0.15) is 0 Å². The molecule has 216 valence electrons. The van der Waals surface area contributed by atoms with Gasteiger partial charge in [-0.1, -0.05) is 85.7 Å². The van der Waals surface area contributed by atoms with Gasteiger partial charge in [-0.3, -0.25) is 9.36 Å². The van der Waals surface area contributed by atoms with E-state index in [2.05, 4.69) is 36.9 Å². The minimum absolute atomic E-state index is 0.223. The SMILES string of the molecule is CCOC(=O)C1=C(C)N=c2s/c(=C\c3cc(OCC)c(OCc4ccc(Br)cc4)cc3Br)c(=O)n2[C@@H]1c1ccccc1. The molecule has 0 fully saturated rings. The van der Waals surface area contributed by atoms with E-state index in [0.29, 0.717) is 45.3 Å². The van der Waals surface area contributed by atoms with Crippen molar-refractivity contribution in [1.29, 1.82) is 0 Å². The average Bonchev–Trinajstić information content (AvgIpc) is 3.28. The zero-order valence-corrected chi connectivity index (χ0v) is 27.2. The number of carbonyl (C=O) groups is 1. The first kappa shape index (κ1) is 30.0. The molecule has 0 spiro atoms. The number of rotatable bonds is 9. The summed E-state index contributed by atoms with van der Waals surface area (Å²) in [7, 11) is 0. The lowest BCUT2D eigenvalue weighted by atomic mass is 9.96. The van der Waals surface area contributed by atoms with Gasteiger partial charge in [0, 0.05) is 8.95 Å². The summed E-state index contributed by atoms with van der Waals surface area (Å²) in [6.45, 7) is 6.49. The van der Waals surface area contributed by atoms with Crippen LogP contribution in [-0.4, -0.2) is 23.8 Å². The molecule has 1 atom stereocenters. The second-order valence-corrected chi connectivity index (χ2v) is 12.2. The minimum Gasteiger partial charge on any atom is -0.490 e. The van der Waals surface area contributed by atoms with Crippen LogP contribution in [0.1, 0.15) is 43.5 Å². The van der Waals surface area contributed by atoms with Crippen molar-refractivity contribution >= 4 is 55.2 Å². The number of esters is 1. The second kappa shape index (κ2) is 13.2. The van der Waals surface area contributed by atoms with Crippen molar-refractivity contribution in [2.45, 2.75) is 33.4 Å². The van der Waals surface area contributed by atoms with Gasteiger partial charge in [0.05, 0.1) is 35.1 Å². The van der Waals surface area contributed by atoms with Crippen LogP contribution in [-0.2, 0) is 16.1 Å². The molecule has 10 heteroatoms. The Morgan fingerprint density at radius 3 is 2.40 bits per heavy atom. The molecule has 0 bridgehead atoms. The van der Waals surface area contributed by atoms with E-state index >= 15 is 0 Å². The number of halogens is 2. The van der Waals surface area contributed by atoms with Crippen LogP contribution >= 0.6 is 43.2 Å². The summed E-state index contributed by atoms with van der Waals surface area (Å²) < 4.78 is 21.2. The normalized spacial score (nSPS) is 14.8. The van der Waals surface area contributed by atoms with E-state index in [-0.39, 0.29) is 12.2 Å². The molecule has 3 aromatic carbocycles. The summed E-state index contributed by atoms with van der Waals surface area (Å²) in [5.74, 6) is 0.674. The highest BCUT2D eigenvalue weighted by Gasteiger charge is 2.33. The fourth-order valence-corrected chi connectivity index (χ4v) is 6.41. The molecule has 0 saturated heterocycles. The molecule has 4 aromatic rings. The van der Waals surface area contributed by atoms with E-state index in [1.807, 2.05) is 73.7 Å². The first-order valence-electron chi connectivity index (χ1n) is 13.4. The summed E-state index contributed by atoms with van der Waals surface area (Å²) in [5, 5.41) is 0. The Morgan fingerprint density at radius 2 is 1.71 bits per heavy atom. The van der Waals surface area contributed by atoms with Gasteiger partial charge in [0.25, 0.3) is 5.56 Å². The van der Waals surface area contributed by atoms with E-state index in [1.165, 1.54) is 11.3 Å². The highest BCUT2D eigenvalue weighted by Crippen LogP contribution is 2.35. The van der Waals surface area contributed by atoms with Gasteiger partial charge in [-0.05, 0) is 67.8 Å². The molecular weight excluding hydrogens is 684 g/mol. The van der Waals surface area contributed by atoms with Gasteiger partial charge >= 0.3 is 5.97 Å². The molecular formula is C32H28Br2N2O5S. The summed E-state index contributed by atoms with van der Waals surface area (Å²) >= 11 is 8.38. The van der Waals surface area contributed by atoms with Crippen LogP contribution in [0.3, 0.4) is 0 Å². The van der Waals surface area contributed by atoms with Crippen molar-refractivity contribution in [1.82, 2.24) is 4.57 Å². The number of hydrogen-bond acceptors (Lipinski definition) is 7. The molecule has 0 amide bonds. The number of aromatic nitrogens is 1. The zero-order valence-electron chi connectivity index (χ0n) is 23.2. The highest BCUT2D eigenvalue weighted by molar-refractivity contribution is 9.10. The van der Waals surface area contributed by atoms with Crippen LogP contribution in [0.15, 0.2) is 96.7 Å². The Balaban J connectivity index is 1.57. The molecule has 1 aromatic heterocycles. The predicted molar refractivity (Wildman–Crippen MR) is 171 cm³/mol. The monoisotopic (exact) mass is 710 g/mol. The maximum Gasteiger partial charge on any atom is 0.338 e. The third-order valence-corrected chi connectivity index (χ3v) is 8.79. The fourth-order valence-electron chi connectivity index (χ4n) is 4.67. The number of nitrogens with zero attached hydrogens (tertiary/aromatic N) is 2. The van der Waals surface area contributed by atoms with Crippen LogP contribution in [0, 0.1) is 0 Å². The minimum atomic E-state index is -0.652. The van der Waals surface area contributed by atoms with Crippen LogP contribution in [0.25, 0.3) is 6.08 Å². The molecule has 1 aliphatic rings. The van der Waals surface area contributed by atoms with Crippen LogP contribution in [0.4, 0.5) is 0 Å². The summed E-state index contributed by atoms with van der Waals surface area (Å²) in [4.78, 5) is 32.2. The number of fused-ring (bicyclic) bond motifs is 1. The van der Waals surface area contributed by atoms with Gasteiger partial charge in [0.15, 0.2) is 16.3 Å². The number of thiazole rings is 1. The summed E-state index contributed by atoms with van der Waals surface area (Å²) in [6, 6.07) is 20.4. The van der Waals surface area contributed by atoms with Gasteiger partial charge in [-0.25, -0.2) is 9.79 Å². The smallest absolute Gasteiger partial charge is 0.338 e. The Hall–Kier alpha value is -3.47. The Labute approximate surface area is 264 Å². The van der Waals surface area contributed by atoms with Gasteiger partial charge in [-0.15, -0.1) is 0 Å². The topological polar surface area (TPSA) is 79.1 Å². The van der Waals surface area contributed by atoms with Crippen molar-refractivity contribution in [2.24, 2.45) is 4.99 Å². The molecule has 0 saturated carbocycles. The number of ether oxygens (including phenoxy) is 3. The van der Waals surface area contributed by atoms with E-state index in [0.717, 1.165) is 25.6 Å². The maximum absolute atomic E-state index is 13.9. The molecule has 42 heavy (non-hydrogen) atoms. The first-order chi connectivity index (χ1) is 20.3. The molecule has 1 aliphatic heterocycles. The first-order valence-corrected chi connectivity index (χ1v) is 15.8. The molecule has 0 unspecified atom stereocenters. The highest BCUT2D eigenvalue weighted by atomic mass is 79.9. The van der Waals surface area contributed by atoms with Gasteiger partial charge in [0.2, 0.25) is 0 Å². The molecule has 0 radical (unpaired) electrons. The van der Waals surface area contributed by atoms with Crippen molar-refractivity contribution in [2.75, 3.05) is 13.2 Å². The molecule has 0 aliphatic carbocycles. The quantitative estimate of drug-likeness (QED) is 0.191. The standard InChI is InChI=1S/C32H28Br2N2O5S/c1-4-39-25-15-22(24(34)17-26(25)41-18-20-11-13-23(33)14-12-20)16-27-30(37)36-29(21-9-7-6-8-10-21)28(31(38)40-5-2)19(3)35-32(36)42-27/h6-17,29H,4-5,18H2,1-3H3/b27-16-/t29-/m1/s1. The van der Waals surface area contributed by atoms with E-state index in [4.69, 9.17) is 14.2 Å². The van der Waals surface area contributed by atoms with E-state index in [1.54, 1.807) is 24.5 Å². The Morgan fingerprint density at radius 1 is 1.00 bits per heavy atom. The van der Waals surface area contributed by atoms with Crippen molar-refractivity contribution < 1.29 is 19.0 Å². The molecule has 7 nitrogen and oxygen atoms in total. The molecule has 2 heterocycles. The lowest BCUT2D eigenvalue weighted by molar-refractivity contribution is -0.139. The number of benzene rings is 3. The molecule has 5 rings (SSSR count). The number of hydrogen-bond donors (Lipinski definition) is 0. The largest absolute Gasteiger partial charge is 0.490 e. The van der Waals surface area contributed by atoms with Crippen molar-refractivity contribution in [3.05, 3.63) is 123 Å².